The zero-order valence-electron chi connectivity index (χ0n) is 9.34. The molecule has 1 fully saturated rings. The lowest BCUT2D eigenvalue weighted by molar-refractivity contribution is -0.183. The van der Waals surface area contributed by atoms with Crippen molar-refractivity contribution in [2.45, 2.75) is 37.9 Å². The lowest BCUT2D eigenvalue weighted by Gasteiger charge is -2.31. The number of hydrogen-bond donors (Lipinski definition) is 0. The number of hydrogen-bond acceptors (Lipinski definition) is 1. The fraction of sp³-hybridized carbons (Fsp3) is 0.800. The van der Waals surface area contributed by atoms with Crippen LogP contribution in [0.15, 0.2) is 11.7 Å². The summed E-state index contributed by atoms with van der Waals surface area (Å²) in [4.78, 5) is 0.183. The molecule has 0 radical (unpaired) electrons. The standard InChI is InChI=1S/C10H12F7N/c11-8(12)7(9(13,14)15)10(16,17)18-5-3-1-2-4-6-18/h1-6H2. The molecule has 1 rings (SSSR count). The Balaban J connectivity index is 3.05. The molecule has 0 saturated carbocycles. The average Bonchev–Trinajstić information content (AvgIpc) is 2.41. The molecule has 0 bridgehead atoms. The highest BCUT2D eigenvalue weighted by molar-refractivity contribution is 5.18. The highest BCUT2D eigenvalue weighted by atomic mass is 19.4. The molecular weight excluding hydrogens is 267 g/mol. The molecule has 0 amide bonds. The first-order valence-electron chi connectivity index (χ1n) is 5.43. The summed E-state index contributed by atoms with van der Waals surface area (Å²) < 4.78 is 88.4. The number of likely N-dealkylation sites (tertiary alicyclic amines) is 1. The van der Waals surface area contributed by atoms with E-state index in [0.717, 1.165) is 0 Å². The van der Waals surface area contributed by atoms with Crippen LogP contribution in [0.4, 0.5) is 30.7 Å². The minimum atomic E-state index is -5.74. The van der Waals surface area contributed by atoms with E-state index in [1.807, 2.05) is 0 Å². The zero-order chi connectivity index (χ0) is 14.0. The molecule has 8 heteroatoms. The molecule has 0 spiro atoms. The maximum Gasteiger partial charge on any atom is 0.425 e. The van der Waals surface area contributed by atoms with Crippen LogP contribution >= 0.6 is 0 Å². The van der Waals surface area contributed by atoms with E-state index in [1.165, 1.54) is 0 Å². The molecular formula is C10H12F7N. The number of nitrogens with zero attached hydrogens (tertiary/aromatic N) is 1. The van der Waals surface area contributed by atoms with Gasteiger partial charge in [-0.3, -0.25) is 0 Å². The molecule has 18 heavy (non-hydrogen) atoms. The van der Waals surface area contributed by atoms with Gasteiger partial charge < -0.3 is 0 Å². The van der Waals surface area contributed by atoms with E-state index < -0.39 is 23.9 Å². The Morgan fingerprint density at radius 3 is 1.56 bits per heavy atom. The van der Waals surface area contributed by atoms with Crippen molar-refractivity contribution in [3.63, 3.8) is 0 Å². The first kappa shape index (κ1) is 15.3. The Morgan fingerprint density at radius 2 is 1.22 bits per heavy atom. The van der Waals surface area contributed by atoms with Crippen LogP contribution in [0.3, 0.4) is 0 Å². The van der Waals surface area contributed by atoms with Gasteiger partial charge in [0.1, 0.15) is 0 Å². The van der Waals surface area contributed by atoms with Crippen LogP contribution in [-0.2, 0) is 0 Å². The van der Waals surface area contributed by atoms with Gasteiger partial charge >= 0.3 is 12.2 Å². The van der Waals surface area contributed by atoms with Gasteiger partial charge in [0.15, 0.2) is 5.57 Å². The fourth-order valence-corrected chi connectivity index (χ4v) is 1.90. The third-order valence-corrected chi connectivity index (χ3v) is 2.78. The highest BCUT2D eigenvalue weighted by Crippen LogP contribution is 2.43. The Bertz CT molecular complexity index is 309. The monoisotopic (exact) mass is 279 g/mol. The molecule has 0 unspecified atom stereocenters. The highest BCUT2D eigenvalue weighted by Gasteiger charge is 2.56. The smallest absolute Gasteiger partial charge is 0.240 e. The number of rotatable bonds is 2. The zero-order valence-corrected chi connectivity index (χ0v) is 9.34. The molecule has 0 aromatic rings. The molecule has 0 N–H and O–H groups in total. The van der Waals surface area contributed by atoms with Crippen LogP contribution in [0.2, 0.25) is 0 Å². The Hall–Kier alpha value is -0.790. The van der Waals surface area contributed by atoms with Gasteiger partial charge in [0.25, 0.3) is 6.08 Å². The van der Waals surface area contributed by atoms with Crippen molar-refractivity contribution in [3.05, 3.63) is 11.7 Å². The maximum atomic E-state index is 13.6. The lowest BCUT2D eigenvalue weighted by Crippen LogP contribution is -2.47. The van der Waals surface area contributed by atoms with Gasteiger partial charge in [0, 0.05) is 13.1 Å². The third-order valence-electron chi connectivity index (χ3n) is 2.78. The molecule has 0 aromatic carbocycles. The molecule has 0 atom stereocenters. The Morgan fingerprint density at radius 1 is 0.778 bits per heavy atom. The molecule has 0 aromatic heterocycles. The molecule has 0 aliphatic carbocycles. The van der Waals surface area contributed by atoms with E-state index in [-0.39, 0.29) is 30.8 Å². The summed E-state index contributed by atoms with van der Waals surface area (Å²) >= 11 is 0. The summed E-state index contributed by atoms with van der Waals surface area (Å²) in [6, 6.07) is -4.68. The summed E-state index contributed by atoms with van der Waals surface area (Å²) in [5, 5.41) is 0. The Labute approximate surface area is 99.2 Å². The summed E-state index contributed by atoms with van der Waals surface area (Å²) in [6.07, 6.45) is -7.36. The van der Waals surface area contributed by atoms with Crippen molar-refractivity contribution in [2.75, 3.05) is 13.1 Å². The maximum absolute atomic E-state index is 13.6. The van der Waals surface area contributed by atoms with Crippen LogP contribution in [0.1, 0.15) is 25.7 Å². The second-order valence-electron chi connectivity index (χ2n) is 4.08. The van der Waals surface area contributed by atoms with Crippen LogP contribution < -0.4 is 0 Å². The van der Waals surface area contributed by atoms with Crippen LogP contribution in [0.5, 0.6) is 0 Å². The second kappa shape index (κ2) is 5.46. The molecule has 1 aliphatic heterocycles. The van der Waals surface area contributed by atoms with Gasteiger partial charge in [0.2, 0.25) is 0 Å². The normalized spacial score (nSPS) is 19.5. The average molecular weight is 279 g/mol. The van der Waals surface area contributed by atoms with E-state index in [1.54, 1.807) is 0 Å². The van der Waals surface area contributed by atoms with Crippen molar-refractivity contribution in [3.8, 4) is 0 Å². The Kier molecular flexibility index (Phi) is 4.63. The van der Waals surface area contributed by atoms with E-state index in [4.69, 9.17) is 0 Å². The predicted molar refractivity (Wildman–Crippen MR) is 50.3 cm³/mol. The minimum Gasteiger partial charge on any atom is -0.240 e. The molecule has 1 aliphatic rings. The topological polar surface area (TPSA) is 3.24 Å². The third kappa shape index (κ3) is 3.37. The fourth-order valence-electron chi connectivity index (χ4n) is 1.90. The van der Waals surface area contributed by atoms with E-state index in [0.29, 0.717) is 12.8 Å². The van der Waals surface area contributed by atoms with Crippen LogP contribution in [0, 0.1) is 0 Å². The van der Waals surface area contributed by atoms with Crippen molar-refractivity contribution in [1.29, 1.82) is 0 Å². The van der Waals surface area contributed by atoms with Crippen molar-refractivity contribution in [1.82, 2.24) is 4.90 Å². The van der Waals surface area contributed by atoms with E-state index >= 15 is 0 Å². The van der Waals surface area contributed by atoms with Gasteiger partial charge in [-0.05, 0) is 12.8 Å². The minimum absolute atomic E-state index is 0.183. The summed E-state index contributed by atoms with van der Waals surface area (Å²) in [6.45, 7) is -0.639. The SMILES string of the molecule is FC(F)=C(C(F)(F)F)C(F)(F)N1CCCCCC1. The number of alkyl halides is 5. The van der Waals surface area contributed by atoms with Gasteiger partial charge in [-0.1, -0.05) is 12.8 Å². The second-order valence-corrected chi connectivity index (χ2v) is 4.08. The quantitative estimate of drug-likeness (QED) is 0.541. The van der Waals surface area contributed by atoms with Crippen molar-refractivity contribution >= 4 is 0 Å². The number of halogens is 7. The first-order valence-corrected chi connectivity index (χ1v) is 5.43. The summed E-state index contributed by atoms with van der Waals surface area (Å²) in [5.41, 5.74) is -3.04. The first-order chi connectivity index (χ1) is 8.17. The van der Waals surface area contributed by atoms with Crippen LogP contribution in [0.25, 0.3) is 0 Å². The van der Waals surface area contributed by atoms with Gasteiger partial charge in [-0.2, -0.15) is 30.7 Å². The van der Waals surface area contributed by atoms with Gasteiger partial charge in [-0.15, -0.1) is 0 Å². The van der Waals surface area contributed by atoms with Gasteiger partial charge in [0.05, 0.1) is 0 Å². The van der Waals surface area contributed by atoms with Gasteiger partial charge in [-0.25, -0.2) is 4.90 Å². The lowest BCUT2D eigenvalue weighted by atomic mass is 10.2. The largest absolute Gasteiger partial charge is 0.425 e. The van der Waals surface area contributed by atoms with Crippen molar-refractivity contribution in [2.24, 2.45) is 0 Å². The molecule has 106 valence electrons. The van der Waals surface area contributed by atoms with Crippen molar-refractivity contribution < 1.29 is 30.7 Å². The summed E-state index contributed by atoms with van der Waals surface area (Å²) in [7, 11) is 0. The predicted octanol–water partition coefficient (Wildman–Crippen LogP) is 4.17. The van der Waals surface area contributed by atoms with E-state index in [2.05, 4.69) is 0 Å². The van der Waals surface area contributed by atoms with Crippen LogP contribution in [-0.4, -0.2) is 30.2 Å². The molecule has 1 saturated heterocycles. The molecule has 1 nitrogen and oxygen atoms in total. The summed E-state index contributed by atoms with van der Waals surface area (Å²) in [5.74, 6) is 0. The van der Waals surface area contributed by atoms with E-state index in [9.17, 15) is 30.7 Å². The molecule has 1 heterocycles.